The first-order valence-electron chi connectivity index (χ1n) is 6.94. The molecule has 0 heterocycles. The third kappa shape index (κ3) is 1.68. The predicted octanol–water partition coefficient (Wildman–Crippen LogP) is 3.57. The van der Waals surface area contributed by atoms with Gasteiger partial charge in [0.15, 0.2) is 0 Å². The van der Waals surface area contributed by atoms with Crippen LogP contribution in [-0.4, -0.2) is 17.9 Å². The van der Waals surface area contributed by atoms with Crippen molar-refractivity contribution in [3.63, 3.8) is 0 Å². The van der Waals surface area contributed by atoms with Gasteiger partial charge in [-0.1, -0.05) is 15.9 Å². The summed E-state index contributed by atoms with van der Waals surface area (Å²) in [6, 6.07) is 0.677. The Hall–Kier alpha value is 0.440. The van der Waals surface area contributed by atoms with Gasteiger partial charge in [0.25, 0.3) is 0 Å². The van der Waals surface area contributed by atoms with Crippen molar-refractivity contribution in [1.82, 2.24) is 5.32 Å². The number of hydrogen-bond donors (Lipinski definition) is 1. The molecule has 1 nitrogen and oxygen atoms in total. The van der Waals surface area contributed by atoms with Gasteiger partial charge in [0.2, 0.25) is 0 Å². The monoisotopic (exact) mass is 285 g/mol. The Morgan fingerprint density at radius 1 is 1.25 bits per heavy atom. The molecule has 0 spiro atoms. The Labute approximate surface area is 108 Å². The molecule has 4 aliphatic rings. The fourth-order valence-electron chi connectivity index (χ4n) is 5.14. The second-order valence-corrected chi connectivity index (χ2v) is 7.75. The molecule has 0 unspecified atom stereocenters. The average molecular weight is 286 g/mol. The van der Waals surface area contributed by atoms with Gasteiger partial charge in [-0.3, -0.25) is 0 Å². The molecule has 0 aromatic rings. The molecule has 4 rings (SSSR count). The smallest absolute Gasteiger partial charge is 0.0231 e. The molecule has 2 heteroatoms. The Bertz CT molecular complexity index is 264. The van der Waals surface area contributed by atoms with E-state index in [4.69, 9.17) is 0 Å². The van der Waals surface area contributed by atoms with Crippen LogP contribution in [0.1, 0.15) is 45.4 Å². The number of rotatable bonds is 3. The van der Waals surface area contributed by atoms with Crippen LogP contribution in [0.3, 0.4) is 0 Å². The minimum atomic E-state index is 0.636. The Kier molecular flexibility index (Phi) is 2.87. The van der Waals surface area contributed by atoms with E-state index in [0.717, 1.165) is 22.6 Å². The summed E-state index contributed by atoms with van der Waals surface area (Å²) in [6.45, 7) is 2.35. The van der Waals surface area contributed by atoms with Gasteiger partial charge in [-0.25, -0.2) is 0 Å². The molecule has 4 fully saturated rings. The molecule has 92 valence electrons. The molecule has 0 radical (unpaired) electrons. The van der Waals surface area contributed by atoms with Gasteiger partial charge in [0.05, 0.1) is 0 Å². The van der Waals surface area contributed by atoms with E-state index in [-0.39, 0.29) is 0 Å². The average Bonchev–Trinajstić information content (AvgIpc) is 2.24. The van der Waals surface area contributed by atoms with Gasteiger partial charge in [-0.2, -0.15) is 0 Å². The molecule has 0 aromatic heterocycles. The summed E-state index contributed by atoms with van der Waals surface area (Å²) in [5.74, 6) is 3.13. The van der Waals surface area contributed by atoms with Crippen LogP contribution in [0.4, 0.5) is 0 Å². The summed E-state index contributed by atoms with van der Waals surface area (Å²) in [7, 11) is 2.11. The van der Waals surface area contributed by atoms with E-state index in [1.807, 2.05) is 0 Å². The van der Waals surface area contributed by atoms with E-state index in [2.05, 4.69) is 35.2 Å². The molecule has 4 atom stereocenters. The lowest BCUT2D eigenvalue weighted by Gasteiger charge is -2.60. The molecule has 0 aromatic carbocycles. The molecule has 4 bridgehead atoms. The van der Waals surface area contributed by atoms with Crippen LogP contribution < -0.4 is 5.32 Å². The number of halogens is 1. The quantitative estimate of drug-likeness (QED) is 0.782. The van der Waals surface area contributed by atoms with Gasteiger partial charge >= 0.3 is 0 Å². The van der Waals surface area contributed by atoms with E-state index >= 15 is 0 Å². The first-order chi connectivity index (χ1) is 7.63. The molecule has 0 amide bonds. The largest absolute Gasteiger partial charge is 0.317 e. The van der Waals surface area contributed by atoms with Crippen molar-refractivity contribution >= 4 is 15.9 Å². The van der Waals surface area contributed by atoms with Crippen molar-refractivity contribution in [2.75, 3.05) is 7.05 Å². The highest BCUT2D eigenvalue weighted by molar-refractivity contribution is 9.09. The summed E-state index contributed by atoms with van der Waals surface area (Å²) in [4.78, 5) is 0.809. The normalized spacial score (nSPS) is 51.9. The molecule has 0 saturated heterocycles. The van der Waals surface area contributed by atoms with E-state index < -0.39 is 0 Å². The minimum absolute atomic E-state index is 0.636. The van der Waals surface area contributed by atoms with Crippen molar-refractivity contribution in [3.05, 3.63) is 0 Å². The van der Waals surface area contributed by atoms with Gasteiger partial charge in [-0.05, 0) is 75.7 Å². The SMILES string of the molecule is CN[C@@H](C)CC12C[C@@H]3CC(C[C@H](C3)C1)[C@H]2Br. The molecule has 1 N–H and O–H groups in total. The van der Waals surface area contributed by atoms with Gasteiger partial charge in [-0.15, -0.1) is 0 Å². The van der Waals surface area contributed by atoms with Crippen LogP contribution in [0.5, 0.6) is 0 Å². The summed E-state index contributed by atoms with van der Waals surface area (Å²) < 4.78 is 0. The number of hydrogen-bond acceptors (Lipinski definition) is 1. The maximum absolute atomic E-state index is 4.07. The highest BCUT2D eigenvalue weighted by Crippen LogP contribution is 2.63. The van der Waals surface area contributed by atoms with Crippen LogP contribution in [0, 0.1) is 23.2 Å². The van der Waals surface area contributed by atoms with Crippen molar-refractivity contribution in [3.8, 4) is 0 Å². The van der Waals surface area contributed by atoms with Crippen LogP contribution in [-0.2, 0) is 0 Å². The molecular formula is C14H24BrN. The third-order valence-corrected chi connectivity index (χ3v) is 7.25. The maximum Gasteiger partial charge on any atom is 0.0231 e. The number of nitrogens with one attached hydrogen (secondary N) is 1. The van der Waals surface area contributed by atoms with Crippen molar-refractivity contribution < 1.29 is 0 Å². The molecule has 16 heavy (non-hydrogen) atoms. The van der Waals surface area contributed by atoms with E-state index in [9.17, 15) is 0 Å². The van der Waals surface area contributed by atoms with Crippen LogP contribution in [0.25, 0.3) is 0 Å². The van der Waals surface area contributed by atoms with E-state index in [0.29, 0.717) is 11.5 Å². The molecule has 4 aliphatic carbocycles. The third-order valence-electron chi connectivity index (χ3n) is 5.53. The number of alkyl halides is 1. The standard InChI is InChI=1S/C14H24BrN/c1-9(16-2)6-14-7-10-3-11(8-14)5-12(4-10)13(14)15/h9-13,16H,3-8H2,1-2H3/t9-,10-,11-,12?,13+,14?/m0/s1. The van der Waals surface area contributed by atoms with Crippen LogP contribution in [0.2, 0.25) is 0 Å². The van der Waals surface area contributed by atoms with Gasteiger partial charge in [0, 0.05) is 10.9 Å². The molecular weight excluding hydrogens is 262 g/mol. The van der Waals surface area contributed by atoms with Gasteiger partial charge in [0.1, 0.15) is 0 Å². The van der Waals surface area contributed by atoms with E-state index in [1.54, 1.807) is 6.42 Å². The highest BCUT2D eigenvalue weighted by atomic mass is 79.9. The molecule has 0 aliphatic heterocycles. The molecule has 4 saturated carbocycles. The lowest BCUT2D eigenvalue weighted by atomic mass is 9.48. The van der Waals surface area contributed by atoms with E-state index in [1.165, 1.54) is 32.1 Å². The first kappa shape index (κ1) is 11.5. The topological polar surface area (TPSA) is 12.0 Å². The van der Waals surface area contributed by atoms with Crippen LogP contribution in [0.15, 0.2) is 0 Å². The fourth-order valence-corrected chi connectivity index (χ4v) is 6.13. The maximum atomic E-state index is 4.07. The predicted molar refractivity (Wildman–Crippen MR) is 71.8 cm³/mol. The first-order valence-corrected chi connectivity index (χ1v) is 7.86. The van der Waals surface area contributed by atoms with Gasteiger partial charge < -0.3 is 5.32 Å². The Morgan fingerprint density at radius 2 is 1.88 bits per heavy atom. The minimum Gasteiger partial charge on any atom is -0.317 e. The van der Waals surface area contributed by atoms with Crippen molar-refractivity contribution in [2.24, 2.45) is 23.2 Å². The zero-order valence-electron chi connectivity index (χ0n) is 10.5. The second-order valence-electron chi connectivity index (χ2n) is 6.77. The highest BCUT2D eigenvalue weighted by Gasteiger charge is 2.56. The summed E-state index contributed by atoms with van der Waals surface area (Å²) in [5, 5.41) is 3.44. The zero-order valence-corrected chi connectivity index (χ0v) is 12.1. The summed E-state index contributed by atoms with van der Waals surface area (Å²) in [6.07, 6.45) is 8.96. The zero-order chi connectivity index (χ0) is 11.3. The van der Waals surface area contributed by atoms with Crippen molar-refractivity contribution in [1.29, 1.82) is 0 Å². The second kappa shape index (κ2) is 3.98. The Balaban J connectivity index is 1.82. The van der Waals surface area contributed by atoms with Crippen LogP contribution >= 0.6 is 15.9 Å². The summed E-state index contributed by atoms with van der Waals surface area (Å²) in [5.41, 5.74) is 0.636. The van der Waals surface area contributed by atoms with Crippen molar-refractivity contribution in [2.45, 2.75) is 56.3 Å². The fraction of sp³-hybridized carbons (Fsp3) is 1.00. The lowest BCUT2D eigenvalue weighted by Crippen LogP contribution is -2.55. The summed E-state index contributed by atoms with van der Waals surface area (Å²) >= 11 is 4.07. The lowest BCUT2D eigenvalue weighted by molar-refractivity contribution is -0.0512. The Morgan fingerprint density at radius 3 is 2.44 bits per heavy atom.